The number of aliphatic carboxylic acids is 1. The van der Waals surface area contributed by atoms with Gasteiger partial charge in [-0.3, -0.25) is 4.79 Å². The van der Waals surface area contributed by atoms with Crippen molar-refractivity contribution in [3.8, 4) is 0 Å². The molecule has 0 aromatic carbocycles. The van der Waals surface area contributed by atoms with Crippen LogP contribution in [-0.4, -0.2) is 54.2 Å². The van der Waals surface area contributed by atoms with Crippen molar-refractivity contribution in [2.45, 2.75) is 58.0 Å². The average molecular weight is 299 g/mol. The second-order valence-corrected chi connectivity index (χ2v) is 6.23. The lowest BCUT2D eigenvalue weighted by Crippen LogP contribution is -2.45. The largest absolute Gasteiger partial charge is 0.481 e. The normalized spacial score (nSPS) is 22.3. The highest BCUT2D eigenvalue weighted by molar-refractivity contribution is 5.74. The lowest BCUT2D eigenvalue weighted by Gasteiger charge is -2.27. The molecule has 6 heteroatoms. The summed E-state index contributed by atoms with van der Waals surface area (Å²) in [7, 11) is 2.07. The molecule has 1 fully saturated rings. The van der Waals surface area contributed by atoms with Crippen LogP contribution in [-0.2, 0) is 4.79 Å². The summed E-state index contributed by atoms with van der Waals surface area (Å²) in [6, 6.07) is 0.311. The Balaban J connectivity index is 2.17. The van der Waals surface area contributed by atoms with Crippen LogP contribution in [0.3, 0.4) is 0 Å². The molecule has 1 rings (SSSR count). The molecule has 0 aromatic rings. The molecule has 1 saturated carbocycles. The Kier molecular flexibility index (Phi) is 7.50. The zero-order valence-corrected chi connectivity index (χ0v) is 13.4. The van der Waals surface area contributed by atoms with Crippen molar-refractivity contribution < 1.29 is 14.7 Å². The van der Waals surface area contributed by atoms with Crippen LogP contribution in [0.25, 0.3) is 0 Å². The second kappa shape index (κ2) is 8.87. The monoisotopic (exact) mass is 299 g/mol. The molecule has 0 spiro atoms. The van der Waals surface area contributed by atoms with Gasteiger partial charge in [0.25, 0.3) is 0 Å². The lowest BCUT2D eigenvalue weighted by atomic mass is 9.86. The highest BCUT2D eigenvalue weighted by Gasteiger charge is 2.27. The quantitative estimate of drug-likeness (QED) is 0.624. The van der Waals surface area contributed by atoms with Crippen LogP contribution < -0.4 is 10.6 Å². The van der Waals surface area contributed by atoms with Crippen LogP contribution in [0.2, 0.25) is 0 Å². The van der Waals surface area contributed by atoms with Crippen molar-refractivity contribution in [1.29, 1.82) is 0 Å². The van der Waals surface area contributed by atoms with Crippen molar-refractivity contribution in [2.75, 3.05) is 20.1 Å². The SMILES string of the molecule is CC(C)N(C)CCCNC(=O)NC1CCCC(C(=O)O)C1. The Morgan fingerprint density at radius 1 is 1.33 bits per heavy atom. The van der Waals surface area contributed by atoms with Crippen molar-refractivity contribution in [3.63, 3.8) is 0 Å². The molecule has 2 atom stereocenters. The van der Waals surface area contributed by atoms with Gasteiger partial charge in [0.2, 0.25) is 0 Å². The van der Waals surface area contributed by atoms with Gasteiger partial charge in [-0.25, -0.2) is 4.79 Å². The molecule has 0 heterocycles. The Hall–Kier alpha value is -1.30. The fourth-order valence-corrected chi connectivity index (χ4v) is 2.57. The third-order valence-electron chi connectivity index (χ3n) is 4.21. The second-order valence-electron chi connectivity index (χ2n) is 6.23. The van der Waals surface area contributed by atoms with Crippen LogP contribution in [0.1, 0.15) is 46.0 Å². The van der Waals surface area contributed by atoms with Crippen molar-refractivity contribution in [3.05, 3.63) is 0 Å². The molecule has 1 aliphatic rings. The summed E-state index contributed by atoms with van der Waals surface area (Å²) in [6.07, 6.45) is 3.90. The Labute approximate surface area is 127 Å². The van der Waals surface area contributed by atoms with E-state index >= 15 is 0 Å². The molecule has 2 unspecified atom stereocenters. The van der Waals surface area contributed by atoms with Gasteiger partial charge in [0.05, 0.1) is 5.92 Å². The summed E-state index contributed by atoms with van der Waals surface area (Å²) in [5.74, 6) is -1.07. The minimum Gasteiger partial charge on any atom is -0.481 e. The van der Waals surface area contributed by atoms with Gasteiger partial charge in [-0.15, -0.1) is 0 Å². The minimum absolute atomic E-state index is 0.0156. The van der Waals surface area contributed by atoms with Gasteiger partial charge in [-0.2, -0.15) is 0 Å². The number of amides is 2. The van der Waals surface area contributed by atoms with E-state index in [0.29, 0.717) is 19.0 Å². The Morgan fingerprint density at radius 2 is 2.05 bits per heavy atom. The molecular weight excluding hydrogens is 270 g/mol. The third kappa shape index (κ3) is 6.80. The van der Waals surface area contributed by atoms with Gasteiger partial charge in [0.1, 0.15) is 0 Å². The van der Waals surface area contributed by atoms with Gasteiger partial charge < -0.3 is 20.6 Å². The van der Waals surface area contributed by atoms with Crippen LogP contribution in [0.4, 0.5) is 4.79 Å². The molecule has 1 aliphatic carbocycles. The zero-order chi connectivity index (χ0) is 15.8. The van der Waals surface area contributed by atoms with Crippen molar-refractivity contribution in [1.82, 2.24) is 15.5 Å². The molecule has 0 saturated heterocycles. The number of urea groups is 1. The molecule has 2 amide bonds. The van der Waals surface area contributed by atoms with Gasteiger partial charge in [0, 0.05) is 18.6 Å². The lowest BCUT2D eigenvalue weighted by molar-refractivity contribution is -0.143. The Morgan fingerprint density at radius 3 is 2.67 bits per heavy atom. The number of rotatable bonds is 7. The smallest absolute Gasteiger partial charge is 0.315 e. The van der Waals surface area contributed by atoms with E-state index in [2.05, 4.69) is 36.4 Å². The average Bonchev–Trinajstić information content (AvgIpc) is 2.43. The predicted molar refractivity (Wildman–Crippen MR) is 82.3 cm³/mol. The van der Waals surface area contributed by atoms with Crippen molar-refractivity contribution >= 4 is 12.0 Å². The summed E-state index contributed by atoms with van der Waals surface area (Å²) >= 11 is 0. The Bertz CT molecular complexity index is 347. The maximum Gasteiger partial charge on any atom is 0.315 e. The number of nitrogens with zero attached hydrogens (tertiary/aromatic N) is 1. The van der Waals surface area contributed by atoms with E-state index in [0.717, 1.165) is 32.2 Å². The maximum atomic E-state index is 11.8. The predicted octanol–water partition coefficient (Wildman–Crippen LogP) is 1.66. The molecule has 0 aromatic heterocycles. The summed E-state index contributed by atoms with van der Waals surface area (Å²) in [5, 5.41) is 14.8. The topological polar surface area (TPSA) is 81.7 Å². The summed E-state index contributed by atoms with van der Waals surface area (Å²) in [6.45, 7) is 5.87. The molecule has 0 bridgehead atoms. The van der Waals surface area contributed by atoms with E-state index in [1.54, 1.807) is 0 Å². The molecule has 6 nitrogen and oxygen atoms in total. The summed E-state index contributed by atoms with van der Waals surface area (Å²) in [4.78, 5) is 25.0. The molecule has 3 N–H and O–H groups in total. The first-order valence-electron chi connectivity index (χ1n) is 7.87. The molecule has 21 heavy (non-hydrogen) atoms. The fourth-order valence-electron chi connectivity index (χ4n) is 2.57. The molecule has 0 aliphatic heterocycles. The highest BCUT2D eigenvalue weighted by atomic mass is 16.4. The first kappa shape index (κ1) is 17.8. The minimum atomic E-state index is -0.751. The molecular formula is C15H29N3O3. The number of carbonyl (C=O) groups excluding carboxylic acids is 1. The number of hydrogen-bond acceptors (Lipinski definition) is 3. The molecule has 122 valence electrons. The number of carboxylic acids is 1. The molecule has 0 radical (unpaired) electrons. The van der Waals surface area contributed by atoms with Crippen LogP contribution in [0.15, 0.2) is 0 Å². The number of hydrogen-bond donors (Lipinski definition) is 3. The van der Waals surface area contributed by atoms with E-state index in [1.807, 2.05) is 0 Å². The maximum absolute atomic E-state index is 11.8. The number of carboxylic acid groups (broad SMARTS) is 1. The van der Waals surface area contributed by atoms with E-state index in [-0.39, 0.29) is 18.0 Å². The van der Waals surface area contributed by atoms with E-state index < -0.39 is 5.97 Å². The van der Waals surface area contributed by atoms with Crippen LogP contribution >= 0.6 is 0 Å². The zero-order valence-electron chi connectivity index (χ0n) is 13.4. The van der Waals surface area contributed by atoms with E-state index in [1.165, 1.54) is 0 Å². The van der Waals surface area contributed by atoms with E-state index in [4.69, 9.17) is 5.11 Å². The standard InChI is InChI=1S/C15H29N3O3/c1-11(2)18(3)9-5-8-16-15(21)17-13-7-4-6-12(10-13)14(19)20/h11-13H,4-10H2,1-3H3,(H,19,20)(H2,16,17,21). The van der Waals surface area contributed by atoms with Gasteiger partial charge in [-0.1, -0.05) is 6.42 Å². The summed E-state index contributed by atoms with van der Waals surface area (Å²) in [5.41, 5.74) is 0. The highest BCUT2D eigenvalue weighted by Crippen LogP contribution is 2.24. The summed E-state index contributed by atoms with van der Waals surface area (Å²) < 4.78 is 0. The van der Waals surface area contributed by atoms with Gasteiger partial charge >= 0.3 is 12.0 Å². The van der Waals surface area contributed by atoms with Crippen LogP contribution in [0.5, 0.6) is 0 Å². The first-order chi connectivity index (χ1) is 9.90. The van der Waals surface area contributed by atoms with E-state index in [9.17, 15) is 9.59 Å². The van der Waals surface area contributed by atoms with Crippen LogP contribution in [0, 0.1) is 5.92 Å². The number of nitrogens with one attached hydrogen (secondary N) is 2. The fraction of sp³-hybridized carbons (Fsp3) is 0.867. The third-order valence-corrected chi connectivity index (χ3v) is 4.21. The van der Waals surface area contributed by atoms with Gasteiger partial charge in [-0.05, 0) is 53.1 Å². The number of carbonyl (C=O) groups is 2. The first-order valence-corrected chi connectivity index (χ1v) is 7.87. The van der Waals surface area contributed by atoms with Gasteiger partial charge in [0.15, 0.2) is 0 Å². The van der Waals surface area contributed by atoms with Crippen molar-refractivity contribution in [2.24, 2.45) is 5.92 Å².